The van der Waals surface area contributed by atoms with Crippen molar-refractivity contribution in [1.29, 1.82) is 0 Å². The maximum absolute atomic E-state index is 12.0. The van der Waals surface area contributed by atoms with Gasteiger partial charge < -0.3 is 9.84 Å². The van der Waals surface area contributed by atoms with E-state index in [4.69, 9.17) is 27.9 Å². The van der Waals surface area contributed by atoms with Gasteiger partial charge in [-0.25, -0.2) is 0 Å². The number of hydrogen-bond acceptors (Lipinski definition) is 4. The van der Waals surface area contributed by atoms with Gasteiger partial charge in [-0.1, -0.05) is 29.3 Å². The van der Waals surface area contributed by atoms with Gasteiger partial charge in [0.15, 0.2) is 0 Å². The first-order valence-corrected chi connectivity index (χ1v) is 6.99. The van der Waals surface area contributed by atoms with E-state index in [2.05, 4.69) is 4.98 Å². The molecule has 0 bridgehead atoms. The van der Waals surface area contributed by atoms with E-state index in [1.807, 2.05) is 0 Å². The Kier molecular flexibility index (Phi) is 5.17. The molecule has 2 unspecified atom stereocenters. The van der Waals surface area contributed by atoms with Crippen LogP contribution in [0.25, 0.3) is 0 Å². The first-order valence-electron chi connectivity index (χ1n) is 6.24. The van der Waals surface area contributed by atoms with Crippen LogP contribution in [0, 0.1) is 5.92 Å². The van der Waals surface area contributed by atoms with E-state index in [-0.39, 0.29) is 5.75 Å². The lowest BCUT2D eigenvalue weighted by Crippen LogP contribution is -2.24. The number of aromatic nitrogens is 1. The Morgan fingerprint density at radius 2 is 2.05 bits per heavy atom. The zero-order valence-electron chi connectivity index (χ0n) is 11.2. The number of rotatable bonds is 4. The zero-order valence-corrected chi connectivity index (χ0v) is 12.7. The van der Waals surface area contributed by atoms with E-state index in [1.165, 1.54) is 24.4 Å². The zero-order chi connectivity index (χ0) is 15.4. The maximum Gasteiger partial charge on any atom is 0.317 e. The molecule has 6 heteroatoms. The number of pyridine rings is 1. The van der Waals surface area contributed by atoms with Crippen LogP contribution >= 0.6 is 23.2 Å². The second-order valence-electron chi connectivity index (χ2n) is 4.52. The summed E-state index contributed by atoms with van der Waals surface area (Å²) in [4.78, 5) is 16.0. The number of carbonyl (C=O) groups is 1. The molecule has 1 N–H and O–H groups in total. The topological polar surface area (TPSA) is 59.4 Å². The van der Waals surface area contributed by atoms with Crippen LogP contribution in [0.3, 0.4) is 0 Å². The summed E-state index contributed by atoms with van der Waals surface area (Å²) in [7, 11) is 0. The number of esters is 1. The second kappa shape index (κ2) is 6.89. The van der Waals surface area contributed by atoms with E-state index in [1.54, 1.807) is 25.3 Å². The molecule has 4 nitrogen and oxygen atoms in total. The molecule has 2 rings (SSSR count). The first kappa shape index (κ1) is 15.8. The molecular weight excluding hydrogens is 313 g/mol. The van der Waals surface area contributed by atoms with Gasteiger partial charge in [-0.3, -0.25) is 9.78 Å². The van der Waals surface area contributed by atoms with Crippen molar-refractivity contribution >= 4 is 29.2 Å². The molecule has 1 aromatic carbocycles. The maximum atomic E-state index is 12.0. The lowest BCUT2D eigenvalue weighted by molar-refractivity contribution is -0.142. The van der Waals surface area contributed by atoms with Crippen molar-refractivity contribution < 1.29 is 14.6 Å². The molecule has 110 valence electrons. The summed E-state index contributed by atoms with van der Waals surface area (Å²) in [6.45, 7) is 1.58. The van der Waals surface area contributed by atoms with Crippen LogP contribution in [0.1, 0.15) is 18.6 Å². The van der Waals surface area contributed by atoms with Crippen LogP contribution in [-0.2, 0) is 4.79 Å². The molecule has 1 heterocycles. The molecule has 1 aromatic heterocycles. The molecule has 2 atom stereocenters. The van der Waals surface area contributed by atoms with Gasteiger partial charge in [0, 0.05) is 18.5 Å². The Labute approximate surface area is 132 Å². The highest BCUT2D eigenvalue weighted by Gasteiger charge is 2.25. The Bertz CT molecular complexity index is 634. The van der Waals surface area contributed by atoms with Crippen molar-refractivity contribution in [1.82, 2.24) is 4.98 Å². The summed E-state index contributed by atoms with van der Waals surface area (Å²) in [5.41, 5.74) is 0.552. The Morgan fingerprint density at radius 1 is 1.29 bits per heavy atom. The highest BCUT2D eigenvalue weighted by Crippen LogP contribution is 2.28. The third-order valence-corrected chi connectivity index (χ3v) is 3.72. The van der Waals surface area contributed by atoms with Crippen LogP contribution in [0.15, 0.2) is 42.7 Å². The summed E-state index contributed by atoms with van der Waals surface area (Å²) in [5, 5.41) is 10.8. The highest BCUT2D eigenvalue weighted by molar-refractivity contribution is 6.42. The van der Waals surface area contributed by atoms with Gasteiger partial charge in [0.05, 0.1) is 22.1 Å². The SMILES string of the molecule is CC(C(=O)Oc1ccc(Cl)c(Cl)c1)C(O)c1cccnc1. The standard InChI is InChI=1S/C15H13Cl2NO3/c1-9(14(19)10-3-2-6-18-8-10)15(20)21-11-4-5-12(16)13(17)7-11/h2-9,14,19H,1H3. The lowest BCUT2D eigenvalue weighted by atomic mass is 9.99. The molecule has 21 heavy (non-hydrogen) atoms. The predicted molar refractivity (Wildman–Crippen MR) is 80.5 cm³/mol. The van der Waals surface area contributed by atoms with Crippen LogP contribution in [0.5, 0.6) is 5.75 Å². The summed E-state index contributed by atoms with van der Waals surface area (Å²) in [6, 6.07) is 7.91. The molecule has 0 amide bonds. The van der Waals surface area contributed by atoms with Gasteiger partial charge in [0.2, 0.25) is 0 Å². The van der Waals surface area contributed by atoms with Gasteiger partial charge in [-0.15, -0.1) is 0 Å². The molecule has 0 saturated heterocycles. The van der Waals surface area contributed by atoms with E-state index < -0.39 is 18.0 Å². The monoisotopic (exact) mass is 325 g/mol. The molecule has 0 spiro atoms. The first-order chi connectivity index (χ1) is 9.99. The number of ether oxygens (including phenoxy) is 1. The average molecular weight is 326 g/mol. The minimum absolute atomic E-state index is 0.277. The molecule has 0 saturated carbocycles. The van der Waals surface area contributed by atoms with Crippen LogP contribution in [0.4, 0.5) is 0 Å². The largest absolute Gasteiger partial charge is 0.426 e. The Hall–Kier alpha value is -1.62. The number of nitrogens with zero attached hydrogens (tertiary/aromatic N) is 1. The van der Waals surface area contributed by atoms with Crippen molar-refractivity contribution in [3.05, 3.63) is 58.3 Å². The average Bonchev–Trinajstić information content (AvgIpc) is 2.50. The van der Waals surface area contributed by atoms with Crippen molar-refractivity contribution in [3.63, 3.8) is 0 Å². The van der Waals surface area contributed by atoms with Gasteiger partial charge in [0.25, 0.3) is 0 Å². The van der Waals surface area contributed by atoms with Gasteiger partial charge in [0.1, 0.15) is 5.75 Å². The van der Waals surface area contributed by atoms with Crippen molar-refractivity contribution in [2.24, 2.45) is 5.92 Å². The quantitative estimate of drug-likeness (QED) is 0.688. The fourth-order valence-electron chi connectivity index (χ4n) is 1.72. The Morgan fingerprint density at radius 3 is 2.67 bits per heavy atom. The van der Waals surface area contributed by atoms with E-state index >= 15 is 0 Å². The normalized spacial score (nSPS) is 13.5. The molecule has 0 fully saturated rings. The number of halogens is 2. The van der Waals surface area contributed by atoms with Crippen molar-refractivity contribution in [2.45, 2.75) is 13.0 Å². The second-order valence-corrected chi connectivity index (χ2v) is 5.33. The lowest BCUT2D eigenvalue weighted by Gasteiger charge is -2.17. The predicted octanol–water partition coefficient (Wildman–Crippen LogP) is 3.66. The third-order valence-electron chi connectivity index (χ3n) is 2.98. The van der Waals surface area contributed by atoms with E-state index in [9.17, 15) is 9.90 Å². The molecular formula is C15H13Cl2NO3. The number of hydrogen-bond donors (Lipinski definition) is 1. The van der Waals surface area contributed by atoms with E-state index in [0.29, 0.717) is 15.6 Å². The molecule has 0 aliphatic carbocycles. The fraction of sp³-hybridized carbons (Fsp3) is 0.200. The van der Waals surface area contributed by atoms with Crippen LogP contribution in [0.2, 0.25) is 10.0 Å². The fourth-order valence-corrected chi connectivity index (χ4v) is 2.01. The summed E-state index contributed by atoms with van der Waals surface area (Å²) in [6.07, 6.45) is 2.11. The van der Waals surface area contributed by atoms with Crippen LogP contribution in [-0.4, -0.2) is 16.1 Å². The number of aliphatic hydroxyl groups is 1. The van der Waals surface area contributed by atoms with Gasteiger partial charge >= 0.3 is 5.97 Å². The summed E-state index contributed by atoms with van der Waals surface area (Å²) < 4.78 is 5.19. The van der Waals surface area contributed by atoms with Crippen molar-refractivity contribution in [3.8, 4) is 5.75 Å². The van der Waals surface area contributed by atoms with Crippen LogP contribution < -0.4 is 4.74 Å². The van der Waals surface area contributed by atoms with Gasteiger partial charge in [-0.05, 0) is 30.7 Å². The minimum Gasteiger partial charge on any atom is -0.426 e. The minimum atomic E-state index is -0.992. The smallest absolute Gasteiger partial charge is 0.317 e. The number of benzene rings is 1. The number of carbonyl (C=O) groups excluding carboxylic acids is 1. The molecule has 2 aromatic rings. The summed E-state index contributed by atoms with van der Waals surface area (Å²) in [5.74, 6) is -1.03. The van der Waals surface area contributed by atoms with Crippen molar-refractivity contribution in [2.75, 3.05) is 0 Å². The highest BCUT2D eigenvalue weighted by atomic mass is 35.5. The number of aliphatic hydroxyl groups excluding tert-OH is 1. The molecule has 0 aliphatic rings. The van der Waals surface area contributed by atoms with E-state index in [0.717, 1.165) is 0 Å². The molecule has 0 aliphatic heterocycles. The van der Waals surface area contributed by atoms with Gasteiger partial charge in [-0.2, -0.15) is 0 Å². The molecule has 0 radical (unpaired) electrons. The summed E-state index contributed by atoms with van der Waals surface area (Å²) >= 11 is 11.6. The third kappa shape index (κ3) is 3.94. The Balaban J connectivity index is 2.07.